The summed E-state index contributed by atoms with van der Waals surface area (Å²) in [6, 6.07) is 8.55. The van der Waals surface area contributed by atoms with Crippen molar-refractivity contribution in [3.05, 3.63) is 82.3 Å². The maximum absolute atomic E-state index is 14.6. The summed E-state index contributed by atoms with van der Waals surface area (Å²) in [7, 11) is -3.68. The van der Waals surface area contributed by atoms with Crippen molar-refractivity contribution in [1.29, 1.82) is 0 Å². The highest BCUT2D eigenvalue weighted by atomic mass is 35.5. The van der Waals surface area contributed by atoms with E-state index in [1.807, 2.05) is 6.07 Å². The molecule has 31 heavy (non-hydrogen) atoms. The molecule has 4 heterocycles. The number of rotatable bonds is 7. The summed E-state index contributed by atoms with van der Waals surface area (Å²) in [5.41, 5.74) is 3.10. The number of hydrogen-bond acceptors (Lipinski definition) is 6. The Labute approximate surface area is 182 Å². The van der Waals surface area contributed by atoms with Gasteiger partial charge in [-0.2, -0.15) is 4.39 Å². The molecule has 11 heteroatoms. The van der Waals surface area contributed by atoms with Gasteiger partial charge in [0.05, 0.1) is 5.75 Å². The predicted molar refractivity (Wildman–Crippen MR) is 116 cm³/mol. The van der Waals surface area contributed by atoms with Gasteiger partial charge in [-0.25, -0.2) is 28.5 Å². The zero-order chi connectivity index (χ0) is 22.0. The standard InChI is InChI=1S/C20H18ClFN6O2S/c21-17-3-1-12(7-24-17)8-25-18-4-2-14(19(22)28-18)6-15-10-27-20-16(15)5-13(9-26-20)11-31(23,29)30/h1-5,7,9-10H,6,8,11H2,(H,25,28)(H,26,27)(H2,23,29,30). The minimum Gasteiger partial charge on any atom is -0.366 e. The van der Waals surface area contributed by atoms with Gasteiger partial charge in [0.1, 0.15) is 16.6 Å². The zero-order valence-electron chi connectivity index (χ0n) is 16.1. The minimum atomic E-state index is -3.68. The topological polar surface area (TPSA) is 127 Å². The number of aromatic amines is 1. The molecule has 0 amide bonds. The molecule has 4 aromatic rings. The summed E-state index contributed by atoms with van der Waals surface area (Å²) in [5, 5.41) is 9.27. The number of anilines is 1. The summed E-state index contributed by atoms with van der Waals surface area (Å²) in [6.07, 6.45) is 5.07. The van der Waals surface area contributed by atoms with E-state index in [9.17, 15) is 12.8 Å². The molecule has 4 aromatic heterocycles. The molecule has 0 radical (unpaired) electrons. The second kappa shape index (κ2) is 8.58. The van der Waals surface area contributed by atoms with Crippen molar-refractivity contribution in [3.8, 4) is 0 Å². The van der Waals surface area contributed by atoms with E-state index in [-0.39, 0.29) is 12.2 Å². The summed E-state index contributed by atoms with van der Waals surface area (Å²) in [5.74, 6) is -0.519. The number of halogens is 2. The molecule has 0 fully saturated rings. The van der Waals surface area contributed by atoms with Crippen molar-refractivity contribution in [3.63, 3.8) is 0 Å². The Hall–Kier alpha value is -3.08. The van der Waals surface area contributed by atoms with E-state index in [1.54, 1.807) is 36.7 Å². The highest BCUT2D eigenvalue weighted by molar-refractivity contribution is 7.88. The summed E-state index contributed by atoms with van der Waals surface area (Å²) in [4.78, 5) is 15.2. The fourth-order valence-electron chi connectivity index (χ4n) is 3.16. The fourth-order valence-corrected chi connectivity index (χ4v) is 3.90. The van der Waals surface area contributed by atoms with Crippen molar-refractivity contribution in [2.75, 3.05) is 5.32 Å². The van der Waals surface area contributed by atoms with Gasteiger partial charge in [-0.15, -0.1) is 0 Å². The second-order valence-electron chi connectivity index (χ2n) is 7.03. The number of nitrogens with one attached hydrogen (secondary N) is 2. The van der Waals surface area contributed by atoms with Crippen LogP contribution in [0.15, 0.2) is 48.9 Å². The van der Waals surface area contributed by atoms with Gasteiger partial charge >= 0.3 is 0 Å². The van der Waals surface area contributed by atoms with E-state index in [1.165, 1.54) is 6.20 Å². The van der Waals surface area contributed by atoms with Crippen LogP contribution in [0.4, 0.5) is 10.2 Å². The van der Waals surface area contributed by atoms with Crippen LogP contribution in [0.1, 0.15) is 22.3 Å². The summed E-state index contributed by atoms with van der Waals surface area (Å²) >= 11 is 5.77. The number of pyridine rings is 3. The highest BCUT2D eigenvalue weighted by Crippen LogP contribution is 2.23. The molecule has 0 bridgehead atoms. The van der Waals surface area contributed by atoms with Crippen LogP contribution in [0.2, 0.25) is 5.15 Å². The Morgan fingerprint density at radius 1 is 1.10 bits per heavy atom. The molecule has 4 N–H and O–H groups in total. The van der Waals surface area contributed by atoms with Gasteiger partial charge in [0.15, 0.2) is 0 Å². The van der Waals surface area contributed by atoms with Crippen molar-refractivity contribution >= 4 is 38.5 Å². The van der Waals surface area contributed by atoms with Crippen molar-refractivity contribution in [2.24, 2.45) is 5.14 Å². The van der Waals surface area contributed by atoms with Crippen LogP contribution in [0.25, 0.3) is 11.0 Å². The fraction of sp³-hybridized carbons (Fsp3) is 0.150. The molecule has 8 nitrogen and oxygen atoms in total. The number of nitrogens with zero attached hydrogens (tertiary/aromatic N) is 3. The lowest BCUT2D eigenvalue weighted by atomic mass is 10.1. The molecule has 0 spiro atoms. The Balaban J connectivity index is 1.50. The van der Waals surface area contributed by atoms with Crippen LogP contribution in [0.3, 0.4) is 0 Å². The van der Waals surface area contributed by atoms with Crippen LogP contribution in [-0.4, -0.2) is 28.4 Å². The number of H-pyrrole nitrogens is 1. The third-order valence-corrected chi connectivity index (χ3v) is 5.57. The van der Waals surface area contributed by atoms with Crippen LogP contribution < -0.4 is 10.5 Å². The average molecular weight is 461 g/mol. The summed E-state index contributed by atoms with van der Waals surface area (Å²) < 4.78 is 37.3. The van der Waals surface area contributed by atoms with Crippen molar-refractivity contribution < 1.29 is 12.8 Å². The number of sulfonamides is 1. The average Bonchev–Trinajstić information content (AvgIpc) is 3.10. The van der Waals surface area contributed by atoms with Crippen LogP contribution in [-0.2, 0) is 28.7 Å². The third-order valence-electron chi connectivity index (χ3n) is 4.61. The molecule has 0 saturated carbocycles. The van der Waals surface area contributed by atoms with Crippen molar-refractivity contribution in [1.82, 2.24) is 19.9 Å². The van der Waals surface area contributed by atoms with Crippen LogP contribution in [0.5, 0.6) is 0 Å². The minimum absolute atomic E-state index is 0.265. The molecule has 0 saturated heterocycles. The smallest absolute Gasteiger partial charge is 0.218 e. The first kappa shape index (κ1) is 21.2. The Morgan fingerprint density at radius 3 is 2.61 bits per heavy atom. The van der Waals surface area contributed by atoms with E-state index in [2.05, 4.69) is 25.3 Å². The first-order chi connectivity index (χ1) is 14.8. The Morgan fingerprint density at radius 2 is 1.90 bits per heavy atom. The predicted octanol–water partition coefficient (Wildman–Crippen LogP) is 3.14. The number of aromatic nitrogens is 4. The summed E-state index contributed by atoms with van der Waals surface area (Å²) in [6.45, 7) is 0.427. The molecule has 0 unspecified atom stereocenters. The second-order valence-corrected chi connectivity index (χ2v) is 9.03. The number of primary sulfonamides is 1. The Kier molecular flexibility index (Phi) is 5.86. The first-order valence-electron chi connectivity index (χ1n) is 9.22. The molecule has 0 aliphatic heterocycles. The van der Waals surface area contributed by atoms with Gasteiger partial charge in [0, 0.05) is 42.5 Å². The van der Waals surface area contributed by atoms with Crippen molar-refractivity contribution in [2.45, 2.75) is 18.7 Å². The molecule has 160 valence electrons. The SMILES string of the molecule is NS(=O)(=O)Cc1cnc2[nH]cc(Cc3ccc(NCc4ccc(Cl)nc4)nc3F)c2c1. The molecule has 0 atom stereocenters. The van der Waals surface area contributed by atoms with Crippen LogP contribution >= 0.6 is 11.6 Å². The lowest BCUT2D eigenvalue weighted by Crippen LogP contribution is -2.14. The van der Waals surface area contributed by atoms with Gasteiger partial charge in [0.25, 0.3) is 0 Å². The molecule has 0 aromatic carbocycles. The number of fused-ring (bicyclic) bond motifs is 1. The van der Waals surface area contributed by atoms with Gasteiger partial charge in [-0.05, 0) is 34.9 Å². The zero-order valence-corrected chi connectivity index (χ0v) is 17.7. The molecular weight excluding hydrogens is 443 g/mol. The van der Waals surface area contributed by atoms with Crippen LogP contribution in [0, 0.1) is 5.95 Å². The molecule has 0 aliphatic rings. The van der Waals surface area contributed by atoms with Gasteiger partial charge in [0.2, 0.25) is 16.0 Å². The number of nitrogens with two attached hydrogens (primary N) is 1. The lowest BCUT2D eigenvalue weighted by Gasteiger charge is -2.08. The molecule has 4 rings (SSSR count). The van der Waals surface area contributed by atoms with E-state index in [0.717, 1.165) is 11.1 Å². The Bertz CT molecular complexity index is 1340. The number of hydrogen-bond donors (Lipinski definition) is 3. The van der Waals surface area contributed by atoms with E-state index < -0.39 is 16.0 Å². The first-order valence-corrected chi connectivity index (χ1v) is 11.3. The molecule has 0 aliphatic carbocycles. The van der Waals surface area contributed by atoms with Gasteiger partial charge < -0.3 is 10.3 Å². The van der Waals surface area contributed by atoms with E-state index in [4.69, 9.17) is 16.7 Å². The van der Waals surface area contributed by atoms with Gasteiger partial charge in [-0.1, -0.05) is 23.7 Å². The maximum Gasteiger partial charge on any atom is 0.218 e. The maximum atomic E-state index is 14.6. The quantitative estimate of drug-likeness (QED) is 0.364. The monoisotopic (exact) mass is 460 g/mol. The third kappa shape index (κ3) is 5.35. The lowest BCUT2D eigenvalue weighted by molar-refractivity contribution is 0.571. The molecular formula is C20H18ClFN6O2S. The highest BCUT2D eigenvalue weighted by Gasteiger charge is 2.13. The largest absolute Gasteiger partial charge is 0.366 e. The normalized spacial score (nSPS) is 11.7. The van der Waals surface area contributed by atoms with E-state index >= 15 is 0 Å². The van der Waals surface area contributed by atoms with Gasteiger partial charge in [-0.3, -0.25) is 0 Å². The van der Waals surface area contributed by atoms with E-state index in [0.29, 0.717) is 39.7 Å².